The van der Waals surface area contributed by atoms with Crippen LogP contribution in [0.25, 0.3) is 0 Å². The van der Waals surface area contributed by atoms with E-state index in [2.05, 4.69) is 5.32 Å². The predicted molar refractivity (Wildman–Crippen MR) is 140 cm³/mol. The third-order valence-corrected chi connectivity index (χ3v) is 5.84. The molecule has 184 valence electrons. The minimum atomic E-state index is -0.634. The zero-order valence-corrected chi connectivity index (χ0v) is 20.9. The molecular weight excluding hydrogens is 460 g/mol. The lowest BCUT2D eigenvalue weighted by Crippen LogP contribution is -2.50. The van der Waals surface area contributed by atoms with Crippen LogP contribution in [0.15, 0.2) is 84.9 Å². The number of amides is 2. The van der Waals surface area contributed by atoms with Gasteiger partial charge in [-0.1, -0.05) is 79.2 Å². The molecule has 0 spiro atoms. The molecule has 3 aromatic rings. The Balaban J connectivity index is 1.78. The first kappa shape index (κ1) is 26.3. The van der Waals surface area contributed by atoms with E-state index in [4.69, 9.17) is 16.3 Å². The molecule has 0 fully saturated rings. The molecule has 0 aliphatic carbocycles. The highest BCUT2D eigenvalue weighted by Crippen LogP contribution is 2.19. The van der Waals surface area contributed by atoms with Gasteiger partial charge in [-0.3, -0.25) is 9.59 Å². The number of carbonyl (C=O) groups excluding carboxylic acids is 2. The van der Waals surface area contributed by atoms with Crippen LogP contribution in [0, 0.1) is 0 Å². The molecule has 0 saturated heterocycles. The number of hydrogen-bond donors (Lipinski definition) is 1. The molecule has 1 unspecified atom stereocenters. The van der Waals surface area contributed by atoms with Crippen LogP contribution in [-0.4, -0.2) is 35.9 Å². The van der Waals surface area contributed by atoms with Crippen LogP contribution in [-0.2, 0) is 22.6 Å². The molecule has 35 heavy (non-hydrogen) atoms. The fraction of sp³-hybridized carbons (Fsp3) is 0.310. The van der Waals surface area contributed by atoms with Crippen LogP contribution in [0.4, 0.5) is 0 Å². The Hall–Kier alpha value is -3.31. The second kappa shape index (κ2) is 14.2. The quantitative estimate of drug-likeness (QED) is 0.313. The van der Waals surface area contributed by atoms with Crippen molar-refractivity contribution in [3.63, 3.8) is 0 Å². The maximum atomic E-state index is 13.5. The molecule has 1 N–H and O–H groups in total. The Bertz CT molecular complexity index is 1060. The third kappa shape index (κ3) is 8.76. The van der Waals surface area contributed by atoms with Gasteiger partial charge in [-0.2, -0.15) is 0 Å². The Morgan fingerprint density at radius 1 is 0.943 bits per heavy atom. The lowest BCUT2D eigenvalue weighted by Gasteiger charge is -2.31. The fourth-order valence-electron chi connectivity index (χ4n) is 3.83. The number of nitrogens with zero attached hydrogens (tertiary/aromatic N) is 1. The molecule has 6 heteroatoms. The smallest absolute Gasteiger partial charge is 0.243 e. The minimum Gasteiger partial charge on any atom is -0.494 e. The number of para-hydroxylation sites is 1. The standard InChI is InChI=1S/C29H33ClN2O3/c1-2-18-31-29(34)27(21-23-11-5-3-6-12-23)32(22-24-13-9-14-25(30)20-24)28(33)17-10-19-35-26-15-7-4-8-16-26/h3-9,11-16,20,27H,2,10,17-19,21-22H2,1H3,(H,31,34). The van der Waals surface area contributed by atoms with Crippen LogP contribution in [0.2, 0.25) is 5.02 Å². The van der Waals surface area contributed by atoms with Crippen LogP contribution in [0.5, 0.6) is 5.75 Å². The van der Waals surface area contributed by atoms with Crippen LogP contribution in [0.3, 0.4) is 0 Å². The van der Waals surface area contributed by atoms with E-state index in [-0.39, 0.29) is 18.2 Å². The summed E-state index contributed by atoms with van der Waals surface area (Å²) < 4.78 is 5.76. The number of halogens is 1. The number of ether oxygens (including phenoxy) is 1. The Labute approximate surface area is 213 Å². The van der Waals surface area contributed by atoms with Gasteiger partial charge in [0, 0.05) is 31.0 Å². The summed E-state index contributed by atoms with van der Waals surface area (Å²) in [5.74, 6) is 0.539. The maximum Gasteiger partial charge on any atom is 0.243 e. The number of hydrogen-bond acceptors (Lipinski definition) is 3. The molecule has 0 aliphatic heterocycles. The molecule has 2 amide bonds. The summed E-state index contributed by atoms with van der Waals surface area (Å²) in [5.41, 5.74) is 1.88. The topological polar surface area (TPSA) is 58.6 Å². The van der Waals surface area contributed by atoms with Gasteiger partial charge in [-0.15, -0.1) is 0 Å². The molecule has 5 nitrogen and oxygen atoms in total. The summed E-state index contributed by atoms with van der Waals surface area (Å²) in [7, 11) is 0. The number of benzene rings is 3. The highest BCUT2D eigenvalue weighted by molar-refractivity contribution is 6.30. The van der Waals surface area contributed by atoms with Crippen molar-refractivity contribution in [2.45, 2.75) is 45.2 Å². The molecule has 1 atom stereocenters. The van der Waals surface area contributed by atoms with Gasteiger partial charge in [0.2, 0.25) is 11.8 Å². The second-order valence-corrected chi connectivity index (χ2v) is 8.85. The third-order valence-electron chi connectivity index (χ3n) is 5.61. The number of carbonyl (C=O) groups is 2. The fourth-order valence-corrected chi connectivity index (χ4v) is 4.04. The molecule has 0 aromatic heterocycles. The van der Waals surface area contributed by atoms with Crippen LogP contribution < -0.4 is 10.1 Å². The van der Waals surface area contributed by atoms with Crippen molar-refractivity contribution >= 4 is 23.4 Å². The van der Waals surface area contributed by atoms with Crippen LogP contribution >= 0.6 is 11.6 Å². The molecule has 0 bridgehead atoms. The maximum absolute atomic E-state index is 13.5. The van der Waals surface area contributed by atoms with Crippen molar-refractivity contribution < 1.29 is 14.3 Å². The summed E-state index contributed by atoms with van der Waals surface area (Å²) >= 11 is 6.21. The first-order valence-electron chi connectivity index (χ1n) is 12.1. The van der Waals surface area contributed by atoms with Crippen molar-refractivity contribution in [1.29, 1.82) is 0 Å². The summed E-state index contributed by atoms with van der Waals surface area (Å²) in [6.07, 6.45) is 2.08. The largest absolute Gasteiger partial charge is 0.494 e. The van der Waals surface area contributed by atoms with Crippen molar-refractivity contribution in [3.05, 3.63) is 101 Å². The van der Waals surface area contributed by atoms with E-state index in [0.717, 1.165) is 23.3 Å². The molecular formula is C29H33ClN2O3. The second-order valence-electron chi connectivity index (χ2n) is 8.41. The first-order valence-corrected chi connectivity index (χ1v) is 12.5. The zero-order chi connectivity index (χ0) is 24.9. The van der Waals surface area contributed by atoms with E-state index in [1.165, 1.54) is 0 Å². The van der Waals surface area contributed by atoms with Gasteiger partial charge in [0.25, 0.3) is 0 Å². The Morgan fingerprint density at radius 3 is 2.31 bits per heavy atom. The minimum absolute atomic E-state index is 0.0887. The van der Waals surface area contributed by atoms with Crippen molar-refractivity contribution in [1.82, 2.24) is 10.2 Å². The van der Waals surface area contributed by atoms with Crippen molar-refractivity contribution in [2.75, 3.05) is 13.2 Å². The highest BCUT2D eigenvalue weighted by atomic mass is 35.5. The summed E-state index contributed by atoms with van der Waals surface area (Å²) in [5, 5.41) is 3.59. The molecule has 0 radical (unpaired) electrons. The van der Waals surface area contributed by atoms with Gasteiger partial charge < -0.3 is 15.0 Å². The Morgan fingerprint density at radius 2 is 1.63 bits per heavy atom. The van der Waals surface area contributed by atoms with Crippen LogP contribution in [0.1, 0.15) is 37.3 Å². The molecule has 0 heterocycles. The van der Waals surface area contributed by atoms with E-state index in [1.54, 1.807) is 11.0 Å². The van der Waals surface area contributed by atoms with E-state index in [1.807, 2.05) is 85.8 Å². The van der Waals surface area contributed by atoms with E-state index in [9.17, 15) is 9.59 Å². The van der Waals surface area contributed by atoms with Gasteiger partial charge in [-0.05, 0) is 48.2 Å². The Kier molecular flexibility index (Phi) is 10.6. The summed E-state index contributed by atoms with van der Waals surface area (Å²) in [6.45, 7) is 3.30. The number of nitrogens with one attached hydrogen (secondary N) is 1. The van der Waals surface area contributed by atoms with Gasteiger partial charge in [0.1, 0.15) is 11.8 Å². The van der Waals surface area contributed by atoms with E-state index < -0.39 is 6.04 Å². The van der Waals surface area contributed by atoms with Gasteiger partial charge >= 0.3 is 0 Å². The summed E-state index contributed by atoms with van der Waals surface area (Å²) in [4.78, 5) is 28.5. The van der Waals surface area contributed by atoms with E-state index >= 15 is 0 Å². The average molecular weight is 493 g/mol. The van der Waals surface area contributed by atoms with Gasteiger partial charge in [0.05, 0.1) is 6.61 Å². The lowest BCUT2D eigenvalue weighted by atomic mass is 10.0. The van der Waals surface area contributed by atoms with Gasteiger partial charge in [-0.25, -0.2) is 0 Å². The zero-order valence-electron chi connectivity index (χ0n) is 20.2. The average Bonchev–Trinajstić information content (AvgIpc) is 2.88. The predicted octanol–water partition coefficient (Wildman–Crippen LogP) is 5.67. The van der Waals surface area contributed by atoms with Gasteiger partial charge in [0.15, 0.2) is 0 Å². The van der Waals surface area contributed by atoms with Crippen molar-refractivity contribution in [3.8, 4) is 5.75 Å². The normalized spacial score (nSPS) is 11.5. The SMILES string of the molecule is CCCNC(=O)C(Cc1ccccc1)N(Cc1cccc(Cl)c1)C(=O)CCCOc1ccccc1. The summed E-state index contributed by atoms with van der Waals surface area (Å²) in [6, 6.07) is 26.1. The lowest BCUT2D eigenvalue weighted by molar-refractivity contribution is -0.141. The highest BCUT2D eigenvalue weighted by Gasteiger charge is 2.30. The molecule has 0 aliphatic rings. The molecule has 3 aromatic carbocycles. The molecule has 3 rings (SSSR count). The monoisotopic (exact) mass is 492 g/mol. The first-order chi connectivity index (χ1) is 17.1. The number of rotatable bonds is 13. The van der Waals surface area contributed by atoms with Crippen molar-refractivity contribution in [2.24, 2.45) is 0 Å². The van der Waals surface area contributed by atoms with E-state index in [0.29, 0.717) is 37.6 Å². The molecule has 0 saturated carbocycles.